The third-order valence-corrected chi connectivity index (χ3v) is 9.07. The fourth-order valence-corrected chi connectivity index (χ4v) is 6.86. The van der Waals surface area contributed by atoms with E-state index in [1.165, 1.54) is 0 Å². The van der Waals surface area contributed by atoms with E-state index in [0.29, 0.717) is 31.1 Å². The number of hydrogen-bond acceptors (Lipinski definition) is 6. The van der Waals surface area contributed by atoms with E-state index in [9.17, 15) is 8.42 Å². The highest BCUT2D eigenvalue weighted by Crippen LogP contribution is 2.31. The van der Waals surface area contributed by atoms with E-state index in [4.69, 9.17) is 15.1 Å². The van der Waals surface area contributed by atoms with Crippen LogP contribution in [0.1, 0.15) is 24.9 Å². The average molecular weight is 527 g/mol. The summed E-state index contributed by atoms with van der Waals surface area (Å²) in [5.41, 5.74) is 2.59. The van der Waals surface area contributed by atoms with Gasteiger partial charge in [-0.1, -0.05) is 61.5 Å². The SMILES string of the molecule is CCCc1nc(N2CCN(S(=O)(=O)c3cccc4ccccc34)CC2)c2c(C)nn(-c3ccccc3)c2n1. The molecule has 0 radical (unpaired) electrons. The number of anilines is 1. The van der Waals surface area contributed by atoms with Crippen LogP contribution >= 0.6 is 0 Å². The zero-order chi connectivity index (χ0) is 26.3. The van der Waals surface area contributed by atoms with Gasteiger partial charge in [0.1, 0.15) is 11.6 Å². The number of rotatable bonds is 6. The van der Waals surface area contributed by atoms with Gasteiger partial charge in [-0.25, -0.2) is 23.1 Å². The van der Waals surface area contributed by atoms with Crippen LogP contribution in [0.15, 0.2) is 77.7 Å². The number of fused-ring (bicyclic) bond motifs is 2. The number of benzene rings is 3. The van der Waals surface area contributed by atoms with Crippen molar-refractivity contribution in [2.24, 2.45) is 0 Å². The zero-order valence-electron chi connectivity index (χ0n) is 21.6. The molecule has 1 fully saturated rings. The Morgan fingerprint density at radius 1 is 0.842 bits per heavy atom. The summed E-state index contributed by atoms with van der Waals surface area (Å²) in [5.74, 6) is 1.61. The van der Waals surface area contributed by atoms with E-state index in [2.05, 4.69) is 11.8 Å². The van der Waals surface area contributed by atoms with Crippen molar-refractivity contribution < 1.29 is 8.42 Å². The van der Waals surface area contributed by atoms with Gasteiger partial charge in [0, 0.05) is 38.0 Å². The monoisotopic (exact) mass is 526 g/mol. The van der Waals surface area contributed by atoms with Crippen LogP contribution < -0.4 is 4.90 Å². The van der Waals surface area contributed by atoms with Crippen molar-refractivity contribution in [1.29, 1.82) is 0 Å². The maximum atomic E-state index is 13.7. The Kier molecular flexibility index (Phi) is 6.33. The Bertz CT molecular complexity index is 1720. The Morgan fingerprint density at radius 2 is 1.55 bits per heavy atom. The lowest BCUT2D eigenvalue weighted by atomic mass is 10.1. The summed E-state index contributed by atoms with van der Waals surface area (Å²) in [6.07, 6.45) is 1.69. The molecule has 6 rings (SSSR count). The number of aryl methyl sites for hydroxylation is 2. The van der Waals surface area contributed by atoms with Crippen LogP contribution in [0, 0.1) is 6.92 Å². The first-order chi connectivity index (χ1) is 18.5. The smallest absolute Gasteiger partial charge is 0.243 e. The normalized spacial score (nSPS) is 14.9. The van der Waals surface area contributed by atoms with E-state index in [0.717, 1.165) is 57.7 Å². The highest BCUT2D eigenvalue weighted by Gasteiger charge is 2.31. The van der Waals surface area contributed by atoms with Crippen LogP contribution in [0.5, 0.6) is 0 Å². The standard InChI is InChI=1S/C29H30N6O2S/c1-3-10-26-30-28(27-21(2)32-35(29(27)31-26)23-13-5-4-6-14-23)33-17-19-34(20-18-33)38(36,37)25-16-9-12-22-11-7-8-15-24(22)25/h4-9,11-16H,3,10,17-20H2,1-2H3. The Labute approximate surface area is 222 Å². The molecule has 38 heavy (non-hydrogen) atoms. The Balaban J connectivity index is 1.34. The molecule has 194 valence electrons. The van der Waals surface area contributed by atoms with E-state index >= 15 is 0 Å². The molecule has 3 aromatic carbocycles. The van der Waals surface area contributed by atoms with Crippen molar-refractivity contribution in [2.75, 3.05) is 31.1 Å². The highest BCUT2D eigenvalue weighted by atomic mass is 32.2. The number of hydrogen-bond donors (Lipinski definition) is 0. The van der Waals surface area contributed by atoms with Crippen molar-refractivity contribution in [3.63, 3.8) is 0 Å². The van der Waals surface area contributed by atoms with Crippen LogP contribution in [-0.2, 0) is 16.4 Å². The van der Waals surface area contributed by atoms with Gasteiger partial charge in [-0.05, 0) is 36.9 Å². The summed E-state index contributed by atoms with van der Waals surface area (Å²) in [6.45, 7) is 5.94. The third-order valence-electron chi connectivity index (χ3n) is 7.11. The second kappa shape index (κ2) is 9.81. The molecule has 9 heteroatoms. The second-order valence-electron chi connectivity index (χ2n) is 9.61. The minimum atomic E-state index is -3.64. The number of aromatic nitrogens is 4. The Hall–Kier alpha value is -3.82. The van der Waals surface area contributed by atoms with Crippen LogP contribution in [0.25, 0.3) is 27.5 Å². The molecule has 0 bridgehead atoms. The first kappa shape index (κ1) is 24.5. The topological polar surface area (TPSA) is 84.2 Å². The molecular weight excluding hydrogens is 496 g/mol. The molecule has 3 heterocycles. The van der Waals surface area contributed by atoms with Crippen molar-refractivity contribution >= 4 is 37.6 Å². The fourth-order valence-electron chi connectivity index (χ4n) is 5.22. The van der Waals surface area contributed by atoms with E-state index < -0.39 is 10.0 Å². The van der Waals surface area contributed by atoms with Gasteiger partial charge in [0.25, 0.3) is 0 Å². The molecule has 1 aliphatic rings. The summed E-state index contributed by atoms with van der Waals surface area (Å²) in [7, 11) is -3.64. The van der Waals surface area contributed by atoms with Gasteiger partial charge < -0.3 is 4.90 Å². The highest BCUT2D eigenvalue weighted by molar-refractivity contribution is 7.89. The van der Waals surface area contributed by atoms with Crippen LogP contribution in [0.2, 0.25) is 0 Å². The van der Waals surface area contributed by atoms with Crippen LogP contribution in [0.3, 0.4) is 0 Å². The molecule has 0 atom stereocenters. The van der Waals surface area contributed by atoms with Gasteiger partial charge >= 0.3 is 0 Å². The average Bonchev–Trinajstić information content (AvgIpc) is 3.29. The summed E-state index contributed by atoms with van der Waals surface area (Å²) in [5, 5.41) is 7.41. The van der Waals surface area contributed by atoms with E-state index in [1.54, 1.807) is 10.4 Å². The lowest BCUT2D eigenvalue weighted by Crippen LogP contribution is -2.49. The summed E-state index contributed by atoms with van der Waals surface area (Å²) in [6, 6.07) is 23.1. The number of para-hydroxylation sites is 1. The van der Waals surface area contributed by atoms with Crippen molar-refractivity contribution in [3.05, 3.63) is 84.3 Å². The molecule has 2 aromatic heterocycles. The largest absolute Gasteiger partial charge is 0.353 e. The minimum absolute atomic E-state index is 0.360. The third kappa shape index (κ3) is 4.21. The molecule has 0 N–H and O–H groups in total. The minimum Gasteiger partial charge on any atom is -0.353 e. The molecule has 0 saturated carbocycles. The van der Waals surface area contributed by atoms with E-state index in [1.807, 2.05) is 78.3 Å². The summed E-state index contributed by atoms with van der Waals surface area (Å²) in [4.78, 5) is 12.4. The Morgan fingerprint density at radius 3 is 2.32 bits per heavy atom. The van der Waals surface area contributed by atoms with Gasteiger partial charge in [0.05, 0.1) is 21.7 Å². The van der Waals surface area contributed by atoms with Gasteiger partial charge in [0.15, 0.2) is 5.65 Å². The molecule has 1 aliphatic heterocycles. The van der Waals surface area contributed by atoms with Crippen LogP contribution in [-0.4, -0.2) is 58.7 Å². The molecule has 5 aromatic rings. The van der Waals surface area contributed by atoms with Gasteiger partial charge in [-0.15, -0.1) is 0 Å². The lowest BCUT2D eigenvalue weighted by molar-refractivity contribution is 0.384. The maximum Gasteiger partial charge on any atom is 0.243 e. The summed E-state index contributed by atoms with van der Waals surface area (Å²) < 4.78 is 30.8. The molecule has 0 amide bonds. The quantitative estimate of drug-likeness (QED) is 0.318. The van der Waals surface area contributed by atoms with Gasteiger partial charge in [-0.2, -0.15) is 9.40 Å². The molecule has 0 unspecified atom stereocenters. The molecule has 0 aliphatic carbocycles. The van der Waals surface area contributed by atoms with Crippen molar-refractivity contribution in [1.82, 2.24) is 24.1 Å². The number of piperazine rings is 1. The molecule has 8 nitrogen and oxygen atoms in total. The lowest BCUT2D eigenvalue weighted by Gasteiger charge is -2.35. The predicted molar refractivity (Wildman–Crippen MR) is 150 cm³/mol. The summed E-state index contributed by atoms with van der Waals surface area (Å²) >= 11 is 0. The van der Waals surface area contributed by atoms with Gasteiger partial charge in [-0.3, -0.25) is 0 Å². The van der Waals surface area contributed by atoms with Crippen LogP contribution in [0.4, 0.5) is 5.82 Å². The molecule has 1 saturated heterocycles. The zero-order valence-corrected chi connectivity index (χ0v) is 22.4. The van der Waals surface area contributed by atoms with Crippen molar-refractivity contribution in [2.45, 2.75) is 31.6 Å². The first-order valence-corrected chi connectivity index (χ1v) is 14.5. The molecular formula is C29H30N6O2S. The first-order valence-electron chi connectivity index (χ1n) is 13.0. The number of nitrogens with zero attached hydrogens (tertiary/aromatic N) is 6. The van der Waals surface area contributed by atoms with E-state index in [-0.39, 0.29) is 0 Å². The fraction of sp³-hybridized carbons (Fsp3) is 0.276. The van der Waals surface area contributed by atoms with Crippen molar-refractivity contribution in [3.8, 4) is 5.69 Å². The maximum absolute atomic E-state index is 13.7. The predicted octanol–water partition coefficient (Wildman–Crippen LogP) is 4.74. The molecule has 0 spiro atoms. The number of sulfonamides is 1. The second-order valence-corrected chi connectivity index (χ2v) is 11.5. The van der Waals surface area contributed by atoms with Gasteiger partial charge in [0.2, 0.25) is 10.0 Å².